The normalized spacial score (nSPS) is 17.7. The minimum absolute atomic E-state index is 0.304. The molecule has 0 unspecified atom stereocenters. The van der Waals surface area contributed by atoms with Gasteiger partial charge in [-0.3, -0.25) is 0 Å². The molecule has 0 aromatic heterocycles. The number of nitrogens with one attached hydrogen (secondary N) is 2. The van der Waals surface area contributed by atoms with Gasteiger partial charge in [0.1, 0.15) is 11.5 Å². The first-order valence-corrected chi connectivity index (χ1v) is 12.9. The third kappa shape index (κ3) is 5.46. The van der Waals surface area contributed by atoms with Crippen molar-refractivity contribution in [1.29, 1.82) is 0 Å². The maximum Gasteiger partial charge on any atom is 0.127 e. The van der Waals surface area contributed by atoms with Crippen molar-refractivity contribution in [3.8, 4) is 33.8 Å². The topological polar surface area (TPSA) is 64.5 Å². The van der Waals surface area contributed by atoms with Crippen LogP contribution >= 0.6 is 0 Å². The van der Waals surface area contributed by atoms with Gasteiger partial charge in [0, 0.05) is 47.4 Å². The van der Waals surface area contributed by atoms with E-state index in [0.717, 1.165) is 46.2 Å². The zero-order valence-corrected chi connectivity index (χ0v) is 20.5. The highest BCUT2D eigenvalue weighted by atomic mass is 16.3. The number of hydrogen-bond donors (Lipinski definition) is 4. The molecule has 0 saturated heterocycles. The van der Waals surface area contributed by atoms with Gasteiger partial charge in [0.2, 0.25) is 0 Å². The monoisotopic (exact) mass is 478 g/mol. The summed E-state index contributed by atoms with van der Waals surface area (Å²) in [4.78, 5) is 0. The first kappa shape index (κ1) is 24.1. The first-order chi connectivity index (χ1) is 17.7. The number of phenolic OH excluding ortho intramolecular Hbond substituents is 2. The fourth-order valence-electron chi connectivity index (χ4n) is 5.27. The fourth-order valence-corrected chi connectivity index (χ4v) is 5.27. The predicted molar refractivity (Wildman–Crippen MR) is 147 cm³/mol. The lowest BCUT2D eigenvalue weighted by Gasteiger charge is -2.33. The number of aromatic hydroxyl groups is 2. The van der Waals surface area contributed by atoms with Gasteiger partial charge < -0.3 is 20.8 Å². The smallest absolute Gasteiger partial charge is 0.127 e. The molecule has 0 aliphatic heterocycles. The Morgan fingerprint density at radius 2 is 0.944 bits per heavy atom. The minimum atomic E-state index is 0.304. The van der Waals surface area contributed by atoms with E-state index in [1.54, 1.807) is 0 Å². The summed E-state index contributed by atoms with van der Waals surface area (Å²) in [6.07, 6.45) is 4.57. The number of phenols is 2. The second kappa shape index (κ2) is 11.4. The Kier molecular flexibility index (Phi) is 7.65. The molecular weight excluding hydrogens is 444 g/mol. The van der Waals surface area contributed by atoms with Crippen molar-refractivity contribution < 1.29 is 10.2 Å². The van der Waals surface area contributed by atoms with Crippen molar-refractivity contribution in [2.24, 2.45) is 0 Å². The van der Waals surface area contributed by atoms with Crippen LogP contribution in [0.3, 0.4) is 0 Å². The first-order valence-electron chi connectivity index (χ1n) is 12.9. The van der Waals surface area contributed by atoms with Gasteiger partial charge >= 0.3 is 0 Å². The van der Waals surface area contributed by atoms with Crippen LogP contribution in [0.5, 0.6) is 11.5 Å². The molecule has 5 rings (SSSR count). The van der Waals surface area contributed by atoms with E-state index in [2.05, 4.69) is 10.6 Å². The standard InChI is InChI=1S/C32H34N2O2/c35-31-25(15-9-17-27(31)23-11-3-1-4-12-23)21-33-29-19-7-8-20-30(29)34-22-26-16-10-18-28(32(26)36)24-13-5-2-6-14-24/h1-6,9-18,29-30,33-36H,7-8,19-22H2/t29-,30+. The number of rotatable bonds is 8. The molecule has 4 aromatic rings. The molecule has 1 aliphatic carbocycles. The van der Waals surface area contributed by atoms with Crippen molar-refractivity contribution in [3.63, 3.8) is 0 Å². The molecule has 4 nitrogen and oxygen atoms in total. The molecule has 1 fully saturated rings. The van der Waals surface area contributed by atoms with E-state index in [4.69, 9.17) is 0 Å². The average molecular weight is 479 g/mol. The lowest BCUT2D eigenvalue weighted by atomic mass is 9.89. The molecule has 184 valence electrons. The minimum Gasteiger partial charge on any atom is -0.507 e. The van der Waals surface area contributed by atoms with Crippen LogP contribution < -0.4 is 10.6 Å². The summed E-state index contributed by atoms with van der Waals surface area (Å²) in [6, 6.07) is 32.6. The maximum atomic E-state index is 11.0. The van der Waals surface area contributed by atoms with Crippen molar-refractivity contribution in [2.75, 3.05) is 0 Å². The lowest BCUT2D eigenvalue weighted by molar-refractivity contribution is 0.279. The summed E-state index contributed by atoms with van der Waals surface area (Å²) in [5, 5.41) is 29.3. The average Bonchev–Trinajstić information content (AvgIpc) is 2.93. The third-order valence-electron chi connectivity index (χ3n) is 7.28. The second-order valence-electron chi connectivity index (χ2n) is 9.62. The highest BCUT2D eigenvalue weighted by Gasteiger charge is 2.25. The van der Waals surface area contributed by atoms with Gasteiger partial charge in [-0.15, -0.1) is 0 Å². The summed E-state index contributed by atoms with van der Waals surface area (Å²) in [7, 11) is 0. The van der Waals surface area contributed by atoms with E-state index in [9.17, 15) is 10.2 Å². The zero-order valence-electron chi connectivity index (χ0n) is 20.5. The summed E-state index contributed by atoms with van der Waals surface area (Å²) >= 11 is 0. The maximum absolute atomic E-state index is 11.0. The molecule has 36 heavy (non-hydrogen) atoms. The van der Waals surface area contributed by atoms with Gasteiger partial charge in [0.25, 0.3) is 0 Å². The molecule has 0 bridgehead atoms. The van der Waals surface area contributed by atoms with E-state index in [0.29, 0.717) is 36.7 Å². The molecule has 1 aliphatic rings. The molecule has 0 spiro atoms. The SMILES string of the molecule is Oc1c(CN[C@H]2CCCC[C@H]2NCc2cccc(-c3ccccc3)c2O)cccc1-c1ccccc1. The Labute approximate surface area is 213 Å². The molecule has 4 aromatic carbocycles. The summed E-state index contributed by atoms with van der Waals surface area (Å²) in [5.41, 5.74) is 5.59. The molecule has 4 heteroatoms. The summed E-state index contributed by atoms with van der Waals surface area (Å²) in [5.74, 6) is 0.693. The number of para-hydroxylation sites is 2. The number of benzene rings is 4. The van der Waals surface area contributed by atoms with Gasteiger partial charge in [-0.2, -0.15) is 0 Å². The molecule has 0 radical (unpaired) electrons. The fraction of sp³-hybridized carbons (Fsp3) is 0.250. The van der Waals surface area contributed by atoms with E-state index >= 15 is 0 Å². The van der Waals surface area contributed by atoms with E-state index in [-0.39, 0.29) is 0 Å². The second-order valence-corrected chi connectivity index (χ2v) is 9.62. The molecule has 0 heterocycles. The number of hydrogen-bond acceptors (Lipinski definition) is 4. The Morgan fingerprint density at radius 1 is 0.528 bits per heavy atom. The molecule has 0 amide bonds. The van der Waals surface area contributed by atoms with Crippen LogP contribution in [0.25, 0.3) is 22.3 Å². The quantitative estimate of drug-likeness (QED) is 0.230. The highest BCUT2D eigenvalue weighted by molar-refractivity contribution is 5.72. The lowest BCUT2D eigenvalue weighted by Crippen LogP contribution is -2.49. The van der Waals surface area contributed by atoms with Crippen LogP contribution in [0.4, 0.5) is 0 Å². The van der Waals surface area contributed by atoms with Gasteiger partial charge in [0.05, 0.1) is 0 Å². The zero-order chi connectivity index (χ0) is 24.7. The molecular formula is C32H34N2O2. The highest BCUT2D eigenvalue weighted by Crippen LogP contribution is 2.33. The van der Waals surface area contributed by atoms with Gasteiger partial charge in [0.15, 0.2) is 0 Å². The van der Waals surface area contributed by atoms with Crippen molar-refractivity contribution in [3.05, 3.63) is 108 Å². The van der Waals surface area contributed by atoms with Gasteiger partial charge in [-0.1, -0.05) is 110 Å². The third-order valence-corrected chi connectivity index (χ3v) is 7.28. The molecule has 4 N–H and O–H groups in total. The summed E-state index contributed by atoms with van der Waals surface area (Å²) < 4.78 is 0. The largest absolute Gasteiger partial charge is 0.507 e. The van der Waals surface area contributed by atoms with Gasteiger partial charge in [-0.05, 0) is 24.0 Å². The van der Waals surface area contributed by atoms with Crippen LogP contribution in [-0.4, -0.2) is 22.3 Å². The molecule has 2 atom stereocenters. The van der Waals surface area contributed by atoms with Crippen LogP contribution in [0.2, 0.25) is 0 Å². The van der Waals surface area contributed by atoms with Crippen molar-refractivity contribution >= 4 is 0 Å². The predicted octanol–water partition coefficient (Wildman–Crippen LogP) is 6.62. The summed E-state index contributed by atoms with van der Waals surface area (Å²) in [6.45, 7) is 1.23. The van der Waals surface area contributed by atoms with Gasteiger partial charge in [-0.25, -0.2) is 0 Å². The Hall–Kier alpha value is -3.60. The van der Waals surface area contributed by atoms with Crippen LogP contribution in [-0.2, 0) is 13.1 Å². The van der Waals surface area contributed by atoms with E-state index in [1.165, 1.54) is 12.8 Å². The van der Waals surface area contributed by atoms with Crippen LogP contribution in [0.15, 0.2) is 97.1 Å². The van der Waals surface area contributed by atoms with Crippen molar-refractivity contribution in [1.82, 2.24) is 10.6 Å². The Morgan fingerprint density at radius 3 is 1.36 bits per heavy atom. The van der Waals surface area contributed by atoms with Crippen LogP contribution in [0, 0.1) is 0 Å². The van der Waals surface area contributed by atoms with Crippen LogP contribution in [0.1, 0.15) is 36.8 Å². The van der Waals surface area contributed by atoms with Crippen molar-refractivity contribution in [2.45, 2.75) is 50.9 Å². The van der Waals surface area contributed by atoms with E-state index < -0.39 is 0 Å². The molecule has 1 saturated carbocycles. The Bertz CT molecular complexity index is 1170. The van der Waals surface area contributed by atoms with E-state index in [1.807, 2.05) is 97.1 Å². The Balaban J connectivity index is 1.25.